The minimum absolute atomic E-state index is 0.153. The number of hydrogen-bond acceptors (Lipinski definition) is 4. The third-order valence-corrected chi connectivity index (χ3v) is 4.64. The Morgan fingerprint density at radius 3 is 2.73 bits per heavy atom. The van der Waals surface area contributed by atoms with Crippen molar-refractivity contribution in [3.05, 3.63) is 46.6 Å². The van der Waals surface area contributed by atoms with Crippen molar-refractivity contribution in [2.75, 3.05) is 5.32 Å². The van der Waals surface area contributed by atoms with Gasteiger partial charge in [-0.05, 0) is 45.4 Å². The average molecular weight is 322 g/mol. The van der Waals surface area contributed by atoms with Gasteiger partial charge in [-0.25, -0.2) is 4.39 Å². The lowest BCUT2D eigenvalue weighted by atomic mass is 10.2. The first kappa shape index (κ1) is 16.5. The second kappa shape index (κ2) is 6.96. The summed E-state index contributed by atoms with van der Waals surface area (Å²) in [6.07, 6.45) is 0. The van der Waals surface area contributed by atoms with E-state index < -0.39 is 0 Å². The predicted molar refractivity (Wildman–Crippen MR) is 86.5 cm³/mol. The molecule has 0 saturated carbocycles. The van der Waals surface area contributed by atoms with Crippen LogP contribution in [0.3, 0.4) is 0 Å². The van der Waals surface area contributed by atoms with Crippen LogP contribution in [0, 0.1) is 26.6 Å². The summed E-state index contributed by atoms with van der Waals surface area (Å²) in [5.41, 5.74) is 2.89. The highest BCUT2D eigenvalue weighted by atomic mass is 32.2. The normalized spacial score (nSPS) is 12.2. The zero-order chi connectivity index (χ0) is 16.3. The van der Waals surface area contributed by atoms with Crippen molar-refractivity contribution in [2.45, 2.75) is 38.7 Å². The Kier molecular flexibility index (Phi) is 5.24. The van der Waals surface area contributed by atoms with Gasteiger partial charge >= 0.3 is 0 Å². The van der Waals surface area contributed by atoms with Crippen LogP contribution in [-0.4, -0.2) is 16.3 Å². The van der Waals surface area contributed by atoms with Crippen LogP contribution in [0.2, 0.25) is 0 Å². The van der Waals surface area contributed by atoms with Crippen molar-refractivity contribution in [3.8, 4) is 0 Å². The molecule has 4 nitrogen and oxygen atoms in total. The smallest absolute Gasteiger partial charge is 0.237 e. The van der Waals surface area contributed by atoms with E-state index >= 15 is 0 Å². The fourth-order valence-electron chi connectivity index (χ4n) is 1.91. The van der Waals surface area contributed by atoms with Crippen molar-refractivity contribution >= 4 is 23.4 Å². The monoisotopic (exact) mass is 322 g/mol. The lowest BCUT2D eigenvalue weighted by Crippen LogP contribution is -2.22. The van der Waals surface area contributed by atoms with E-state index in [0.29, 0.717) is 17.0 Å². The number of amides is 1. The Hall–Kier alpha value is -1.82. The topological polar surface area (TPSA) is 55.1 Å². The molecule has 1 aromatic carbocycles. The van der Waals surface area contributed by atoms with E-state index in [1.54, 1.807) is 19.1 Å². The number of aryl methyl sites for hydroxylation is 3. The van der Waals surface area contributed by atoms with Crippen LogP contribution >= 0.6 is 11.8 Å². The van der Waals surface area contributed by atoms with Gasteiger partial charge in [0.05, 0.1) is 10.9 Å². The minimum Gasteiger partial charge on any atom is -0.361 e. The molecule has 118 valence electrons. The van der Waals surface area contributed by atoms with Crippen molar-refractivity contribution in [1.82, 2.24) is 5.16 Å². The maximum absolute atomic E-state index is 13.5. The lowest BCUT2D eigenvalue weighted by Gasteiger charge is -2.12. The molecule has 2 rings (SSSR count). The summed E-state index contributed by atoms with van der Waals surface area (Å²) in [5.74, 6) is 0.949. The van der Waals surface area contributed by atoms with Crippen LogP contribution in [0.1, 0.15) is 29.5 Å². The summed E-state index contributed by atoms with van der Waals surface area (Å²) >= 11 is 1.49. The highest BCUT2D eigenvalue weighted by Crippen LogP contribution is 2.24. The molecule has 0 aliphatic heterocycles. The first-order chi connectivity index (χ1) is 10.4. The van der Waals surface area contributed by atoms with Gasteiger partial charge in [0.1, 0.15) is 11.6 Å². The highest BCUT2D eigenvalue weighted by Gasteiger charge is 2.17. The molecule has 0 radical (unpaired) electrons. The van der Waals surface area contributed by atoms with Gasteiger partial charge in [0, 0.05) is 17.0 Å². The summed E-state index contributed by atoms with van der Waals surface area (Å²) in [5, 5.41) is 6.36. The SMILES string of the molecule is Cc1ccc(NC(=O)C(C)SCc2c(C)noc2C)cc1F. The van der Waals surface area contributed by atoms with E-state index in [1.165, 1.54) is 17.8 Å². The van der Waals surface area contributed by atoms with Crippen LogP contribution in [-0.2, 0) is 10.5 Å². The Balaban J connectivity index is 1.93. The molecule has 1 aromatic heterocycles. The fraction of sp³-hybridized carbons (Fsp3) is 0.375. The van der Waals surface area contributed by atoms with Gasteiger partial charge in [0.2, 0.25) is 5.91 Å². The summed E-state index contributed by atoms with van der Waals surface area (Å²) < 4.78 is 18.6. The molecule has 22 heavy (non-hydrogen) atoms. The second-order valence-corrected chi connectivity index (χ2v) is 6.54. The van der Waals surface area contributed by atoms with Crippen LogP contribution < -0.4 is 5.32 Å². The van der Waals surface area contributed by atoms with E-state index in [2.05, 4.69) is 10.5 Å². The summed E-state index contributed by atoms with van der Waals surface area (Å²) in [7, 11) is 0. The number of hydrogen-bond donors (Lipinski definition) is 1. The van der Waals surface area contributed by atoms with E-state index in [0.717, 1.165) is 17.0 Å². The Bertz CT molecular complexity index is 665. The molecule has 0 bridgehead atoms. The van der Waals surface area contributed by atoms with E-state index in [1.807, 2.05) is 20.8 Å². The molecule has 2 aromatic rings. The lowest BCUT2D eigenvalue weighted by molar-refractivity contribution is -0.115. The first-order valence-corrected chi connectivity index (χ1v) is 8.03. The minimum atomic E-state index is -0.325. The molecule has 1 heterocycles. The van der Waals surface area contributed by atoms with Gasteiger partial charge in [0.15, 0.2) is 0 Å². The first-order valence-electron chi connectivity index (χ1n) is 6.99. The standard InChI is InChI=1S/C16H19FN2O2S/c1-9-5-6-13(7-15(9)17)18-16(20)12(4)22-8-14-10(2)19-21-11(14)3/h5-7,12H,8H2,1-4H3,(H,18,20). The Morgan fingerprint density at radius 2 is 2.14 bits per heavy atom. The third kappa shape index (κ3) is 3.88. The van der Waals surface area contributed by atoms with Crippen LogP contribution in [0.25, 0.3) is 0 Å². The molecule has 1 amide bonds. The van der Waals surface area contributed by atoms with Crippen molar-refractivity contribution in [3.63, 3.8) is 0 Å². The maximum atomic E-state index is 13.5. The largest absolute Gasteiger partial charge is 0.361 e. The highest BCUT2D eigenvalue weighted by molar-refractivity contribution is 7.99. The van der Waals surface area contributed by atoms with Gasteiger partial charge in [-0.3, -0.25) is 4.79 Å². The number of benzene rings is 1. The van der Waals surface area contributed by atoms with E-state index in [4.69, 9.17) is 4.52 Å². The molecule has 0 fully saturated rings. The summed E-state index contributed by atoms with van der Waals surface area (Å²) in [4.78, 5) is 12.1. The average Bonchev–Trinajstić information content (AvgIpc) is 2.79. The number of thioether (sulfide) groups is 1. The number of carbonyl (C=O) groups is 1. The number of anilines is 1. The number of nitrogens with zero attached hydrogens (tertiary/aromatic N) is 1. The van der Waals surface area contributed by atoms with E-state index in [9.17, 15) is 9.18 Å². The molecule has 1 atom stereocenters. The van der Waals surface area contributed by atoms with Crippen LogP contribution in [0.15, 0.2) is 22.7 Å². The predicted octanol–water partition coefficient (Wildman–Crippen LogP) is 4.00. The summed E-state index contributed by atoms with van der Waals surface area (Å²) in [6, 6.07) is 4.67. The van der Waals surface area contributed by atoms with Gasteiger partial charge in [-0.15, -0.1) is 11.8 Å². The second-order valence-electron chi connectivity index (χ2n) is 5.21. The van der Waals surface area contributed by atoms with Crippen molar-refractivity contribution in [2.24, 2.45) is 0 Å². The molecule has 6 heteroatoms. The quantitative estimate of drug-likeness (QED) is 0.904. The zero-order valence-electron chi connectivity index (χ0n) is 13.1. The number of rotatable bonds is 5. The fourth-order valence-corrected chi connectivity index (χ4v) is 2.95. The third-order valence-electron chi connectivity index (χ3n) is 3.47. The van der Waals surface area contributed by atoms with Crippen LogP contribution in [0.4, 0.5) is 10.1 Å². The Morgan fingerprint density at radius 1 is 1.41 bits per heavy atom. The maximum Gasteiger partial charge on any atom is 0.237 e. The molecule has 1 unspecified atom stereocenters. The number of halogens is 1. The molecular formula is C16H19FN2O2S. The molecular weight excluding hydrogens is 303 g/mol. The van der Waals surface area contributed by atoms with Gasteiger partial charge in [0.25, 0.3) is 0 Å². The van der Waals surface area contributed by atoms with E-state index in [-0.39, 0.29) is 17.0 Å². The number of nitrogens with one attached hydrogen (secondary N) is 1. The van der Waals surface area contributed by atoms with Gasteiger partial charge in [-0.1, -0.05) is 11.2 Å². The van der Waals surface area contributed by atoms with Gasteiger partial charge < -0.3 is 9.84 Å². The number of aromatic nitrogens is 1. The van der Waals surface area contributed by atoms with Crippen molar-refractivity contribution < 1.29 is 13.7 Å². The van der Waals surface area contributed by atoms with Crippen LogP contribution in [0.5, 0.6) is 0 Å². The molecule has 0 aliphatic carbocycles. The zero-order valence-corrected chi connectivity index (χ0v) is 13.9. The number of carbonyl (C=O) groups excluding carboxylic acids is 1. The van der Waals surface area contributed by atoms with Crippen molar-refractivity contribution in [1.29, 1.82) is 0 Å². The molecule has 0 aliphatic rings. The summed E-state index contributed by atoms with van der Waals surface area (Å²) in [6.45, 7) is 7.24. The molecule has 0 saturated heterocycles. The molecule has 0 spiro atoms. The van der Waals surface area contributed by atoms with Gasteiger partial charge in [-0.2, -0.15) is 0 Å². The molecule has 1 N–H and O–H groups in total. The Labute approximate surface area is 133 Å².